The van der Waals surface area contributed by atoms with Gasteiger partial charge < -0.3 is 4.74 Å². The molecule has 0 heterocycles. The maximum absolute atomic E-state index is 12.9. The van der Waals surface area contributed by atoms with Gasteiger partial charge in [-0.3, -0.25) is 0 Å². The largest absolute Gasteiger partial charge is 0.434 e. The van der Waals surface area contributed by atoms with Gasteiger partial charge in [-0.2, -0.15) is 8.78 Å². The van der Waals surface area contributed by atoms with E-state index in [1.54, 1.807) is 0 Å². The van der Waals surface area contributed by atoms with E-state index in [1.807, 2.05) is 37.3 Å². The Bertz CT molecular complexity index is 788. The number of unbranched alkanes of at least 4 members (excludes halogenated alkanes) is 2. The smallest absolute Gasteiger partial charge is 0.387 e. The molecule has 0 aliphatic heterocycles. The van der Waals surface area contributed by atoms with Crippen molar-refractivity contribution in [3.63, 3.8) is 0 Å². The van der Waals surface area contributed by atoms with Gasteiger partial charge in [0.1, 0.15) is 5.75 Å². The zero-order chi connectivity index (χ0) is 19.9. The van der Waals surface area contributed by atoms with Gasteiger partial charge in [0.2, 0.25) is 0 Å². The summed E-state index contributed by atoms with van der Waals surface area (Å²) in [4.78, 5) is 0. The van der Waals surface area contributed by atoms with E-state index in [0.29, 0.717) is 11.5 Å². The maximum Gasteiger partial charge on any atom is 0.387 e. The summed E-state index contributed by atoms with van der Waals surface area (Å²) in [7, 11) is 0. The van der Waals surface area contributed by atoms with Crippen LogP contribution in [0.4, 0.5) is 8.78 Å². The molecule has 0 spiro atoms. The van der Waals surface area contributed by atoms with Gasteiger partial charge >= 0.3 is 6.61 Å². The molecule has 152 valence electrons. The normalized spacial score (nSPS) is 20.3. The molecule has 0 atom stereocenters. The van der Waals surface area contributed by atoms with Crippen LogP contribution in [-0.4, -0.2) is 6.61 Å². The molecule has 1 saturated carbocycles. The van der Waals surface area contributed by atoms with Gasteiger partial charge in [0.25, 0.3) is 0 Å². The molecule has 1 nitrogen and oxygen atoms in total. The SMILES string of the molecule is C/C=C/c1ccc2cc(C3CCC(CCCCC)CC3)ccc2c1OC(F)F. The van der Waals surface area contributed by atoms with Crippen LogP contribution in [0.2, 0.25) is 0 Å². The molecule has 3 heteroatoms. The van der Waals surface area contributed by atoms with Gasteiger partial charge in [0, 0.05) is 10.9 Å². The molecule has 0 aromatic heterocycles. The van der Waals surface area contributed by atoms with Gasteiger partial charge in [-0.1, -0.05) is 75.1 Å². The Morgan fingerprint density at radius 2 is 1.86 bits per heavy atom. The molecule has 28 heavy (non-hydrogen) atoms. The molecule has 0 amide bonds. The first-order valence-corrected chi connectivity index (χ1v) is 10.8. The molecule has 1 fully saturated rings. The molecule has 0 bridgehead atoms. The third kappa shape index (κ3) is 5.12. The van der Waals surface area contributed by atoms with Crippen molar-refractivity contribution in [1.82, 2.24) is 0 Å². The zero-order valence-corrected chi connectivity index (χ0v) is 17.1. The van der Waals surface area contributed by atoms with Gasteiger partial charge in [0.15, 0.2) is 0 Å². The number of benzene rings is 2. The van der Waals surface area contributed by atoms with E-state index < -0.39 is 6.61 Å². The Balaban J connectivity index is 1.77. The number of ether oxygens (including phenoxy) is 1. The number of hydrogen-bond donors (Lipinski definition) is 0. The third-order valence-electron chi connectivity index (χ3n) is 6.11. The lowest BCUT2D eigenvalue weighted by molar-refractivity contribution is -0.0489. The van der Waals surface area contributed by atoms with Crippen LogP contribution in [0.25, 0.3) is 16.8 Å². The quantitative estimate of drug-likeness (QED) is 0.414. The topological polar surface area (TPSA) is 9.23 Å². The Hall–Kier alpha value is -1.90. The lowest BCUT2D eigenvalue weighted by Crippen LogP contribution is -2.13. The standard InChI is InChI=1S/C25H32F2O/c1-3-5-6-8-18-9-11-19(12-10-18)21-15-16-23-22(17-21)14-13-20(7-4-2)24(23)28-25(26)27/h4,7,13-19,25H,3,5-6,8-12H2,1-2H3/b7-4+. The van der Waals surface area contributed by atoms with Crippen molar-refractivity contribution in [2.45, 2.75) is 77.7 Å². The first-order chi connectivity index (χ1) is 13.6. The van der Waals surface area contributed by atoms with Crippen molar-refractivity contribution in [3.8, 4) is 5.75 Å². The molecular formula is C25H32F2O. The lowest BCUT2D eigenvalue weighted by Gasteiger charge is -2.29. The van der Waals surface area contributed by atoms with E-state index in [-0.39, 0.29) is 5.75 Å². The highest BCUT2D eigenvalue weighted by Gasteiger charge is 2.22. The van der Waals surface area contributed by atoms with Crippen molar-refractivity contribution < 1.29 is 13.5 Å². The van der Waals surface area contributed by atoms with Crippen molar-refractivity contribution in [2.75, 3.05) is 0 Å². The Morgan fingerprint density at radius 1 is 1.07 bits per heavy atom. The van der Waals surface area contributed by atoms with E-state index in [1.165, 1.54) is 56.9 Å². The van der Waals surface area contributed by atoms with E-state index in [2.05, 4.69) is 19.1 Å². The molecule has 3 rings (SSSR count). The maximum atomic E-state index is 12.9. The van der Waals surface area contributed by atoms with Gasteiger partial charge in [-0.05, 0) is 55.4 Å². The fourth-order valence-corrected chi connectivity index (χ4v) is 4.59. The van der Waals surface area contributed by atoms with Crippen molar-refractivity contribution in [1.29, 1.82) is 0 Å². The Morgan fingerprint density at radius 3 is 2.54 bits per heavy atom. The molecule has 2 aromatic carbocycles. The highest BCUT2D eigenvalue weighted by atomic mass is 19.3. The van der Waals surface area contributed by atoms with Crippen LogP contribution in [0, 0.1) is 5.92 Å². The summed E-state index contributed by atoms with van der Waals surface area (Å²) in [6, 6.07) is 10.1. The van der Waals surface area contributed by atoms with Gasteiger partial charge in [-0.15, -0.1) is 0 Å². The first-order valence-electron chi connectivity index (χ1n) is 10.8. The molecule has 0 radical (unpaired) electrons. The zero-order valence-electron chi connectivity index (χ0n) is 17.1. The van der Waals surface area contributed by atoms with Crippen LogP contribution in [0.15, 0.2) is 36.4 Å². The minimum absolute atomic E-state index is 0.275. The number of halogens is 2. The van der Waals surface area contributed by atoms with Gasteiger partial charge in [-0.25, -0.2) is 0 Å². The highest BCUT2D eigenvalue weighted by molar-refractivity contribution is 5.92. The second kappa shape index (κ2) is 10.0. The predicted molar refractivity (Wildman–Crippen MR) is 114 cm³/mol. The van der Waals surface area contributed by atoms with Crippen LogP contribution in [0.5, 0.6) is 5.75 Å². The minimum atomic E-state index is -2.82. The monoisotopic (exact) mass is 386 g/mol. The first kappa shape index (κ1) is 20.8. The van der Waals surface area contributed by atoms with E-state index in [4.69, 9.17) is 4.74 Å². The van der Waals surface area contributed by atoms with E-state index in [9.17, 15) is 8.78 Å². The summed E-state index contributed by atoms with van der Waals surface area (Å²) in [6.45, 7) is 1.31. The van der Waals surface area contributed by atoms with Gasteiger partial charge in [0.05, 0.1) is 0 Å². The molecule has 2 aromatic rings. The summed E-state index contributed by atoms with van der Waals surface area (Å²) in [5, 5.41) is 1.74. The second-order valence-corrected chi connectivity index (χ2v) is 8.06. The van der Waals surface area contributed by atoms with Crippen LogP contribution >= 0.6 is 0 Å². The fraction of sp³-hybridized carbons (Fsp3) is 0.520. The van der Waals surface area contributed by atoms with Crippen LogP contribution in [0.1, 0.15) is 82.3 Å². The summed E-state index contributed by atoms with van der Waals surface area (Å²) >= 11 is 0. The minimum Gasteiger partial charge on any atom is -0.434 e. The number of allylic oxidation sites excluding steroid dienone is 1. The lowest BCUT2D eigenvalue weighted by atomic mass is 9.76. The fourth-order valence-electron chi connectivity index (χ4n) is 4.59. The summed E-state index contributed by atoms with van der Waals surface area (Å²) in [6.07, 6.45) is 14.1. The Kier molecular flexibility index (Phi) is 7.47. The summed E-state index contributed by atoms with van der Waals surface area (Å²) < 4.78 is 30.8. The van der Waals surface area contributed by atoms with Crippen LogP contribution in [-0.2, 0) is 0 Å². The summed E-state index contributed by atoms with van der Waals surface area (Å²) in [5.41, 5.74) is 2.02. The Labute approximate surface area is 167 Å². The third-order valence-corrected chi connectivity index (χ3v) is 6.11. The number of fused-ring (bicyclic) bond motifs is 1. The van der Waals surface area contributed by atoms with Crippen molar-refractivity contribution in [2.24, 2.45) is 5.92 Å². The summed E-state index contributed by atoms with van der Waals surface area (Å²) in [5.74, 6) is 1.75. The molecule has 0 N–H and O–H groups in total. The van der Waals surface area contributed by atoms with Crippen LogP contribution in [0.3, 0.4) is 0 Å². The molecule has 1 aliphatic rings. The number of alkyl halides is 2. The molecule has 1 aliphatic carbocycles. The average Bonchev–Trinajstić information content (AvgIpc) is 2.70. The number of hydrogen-bond acceptors (Lipinski definition) is 1. The molecular weight excluding hydrogens is 354 g/mol. The number of rotatable bonds is 8. The average molecular weight is 387 g/mol. The van der Waals surface area contributed by atoms with Crippen molar-refractivity contribution >= 4 is 16.8 Å². The van der Waals surface area contributed by atoms with E-state index in [0.717, 1.165) is 16.7 Å². The van der Waals surface area contributed by atoms with Crippen molar-refractivity contribution in [3.05, 3.63) is 47.5 Å². The second-order valence-electron chi connectivity index (χ2n) is 8.06. The highest BCUT2D eigenvalue weighted by Crippen LogP contribution is 2.40. The predicted octanol–water partition coefficient (Wildman–Crippen LogP) is 8.33. The van der Waals surface area contributed by atoms with E-state index >= 15 is 0 Å². The molecule has 0 saturated heterocycles. The van der Waals surface area contributed by atoms with Crippen LogP contribution < -0.4 is 4.74 Å². The molecule has 0 unspecified atom stereocenters.